The van der Waals surface area contributed by atoms with Crippen molar-refractivity contribution in [3.8, 4) is 0 Å². The Morgan fingerprint density at radius 3 is 3.00 bits per heavy atom. The van der Waals surface area contributed by atoms with Gasteiger partial charge in [0, 0.05) is 24.0 Å². The second-order valence-corrected chi connectivity index (χ2v) is 2.38. The van der Waals surface area contributed by atoms with Crippen LogP contribution in [0.25, 0.3) is 0 Å². The Labute approximate surface area is 65.3 Å². The lowest BCUT2D eigenvalue weighted by Gasteiger charge is -2.06. The first-order valence-corrected chi connectivity index (χ1v) is 3.51. The molecule has 0 aliphatic heterocycles. The fourth-order valence-electron chi connectivity index (χ4n) is 0.955. The smallest absolute Gasteiger partial charge is 0.139 e. The third kappa shape index (κ3) is 1.74. The van der Waals surface area contributed by atoms with Crippen molar-refractivity contribution in [3.05, 3.63) is 29.6 Å². The van der Waals surface area contributed by atoms with Crippen molar-refractivity contribution in [2.24, 2.45) is 5.73 Å². The zero-order chi connectivity index (χ0) is 8.27. The SMILES string of the molecule is Cc1ncccc1C(F)CN. The summed E-state index contributed by atoms with van der Waals surface area (Å²) in [5, 5.41) is 0. The van der Waals surface area contributed by atoms with Crippen LogP contribution in [0.3, 0.4) is 0 Å². The van der Waals surface area contributed by atoms with Crippen LogP contribution < -0.4 is 5.73 Å². The van der Waals surface area contributed by atoms with Crippen molar-refractivity contribution in [2.45, 2.75) is 13.1 Å². The highest BCUT2D eigenvalue weighted by atomic mass is 19.1. The van der Waals surface area contributed by atoms with Crippen molar-refractivity contribution >= 4 is 0 Å². The molecular weight excluding hydrogens is 143 g/mol. The summed E-state index contributed by atoms with van der Waals surface area (Å²) in [6, 6.07) is 3.42. The number of alkyl halides is 1. The zero-order valence-corrected chi connectivity index (χ0v) is 6.42. The fraction of sp³-hybridized carbons (Fsp3) is 0.375. The van der Waals surface area contributed by atoms with Crippen molar-refractivity contribution in [3.63, 3.8) is 0 Å². The van der Waals surface area contributed by atoms with E-state index in [1.165, 1.54) is 0 Å². The highest BCUT2D eigenvalue weighted by Gasteiger charge is 2.09. The van der Waals surface area contributed by atoms with E-state index in [2.05, 4.69) is 4.98 Å². The van der Waals surface area contributed by atoms with Crippen LogP contribution >= 0.6 is 0 Å². The molecule has 0 saturated carbocycles. The summed E-state index contributed by atoms with van der Waals surface area (Å²) >= 11 is 0. The van der Waals surface area contributed by atoms with E-state index in [4.69, 9.17) is 5.73 Å². The second-order valence-electron chi connectivity index (χ2n) is 2.38. The number of rotatable bonds is 2. The first-order valence-electron chi connectivity index (χ1n) is 3.51. The normalized spacial score (nSPS) is 13.0. The molecule has 1 aromatic heterocycles. The number of hydrogen-bond acceptors (Lipinski definition) is 2. The zero-order valence-electron chi connectivity index (χ0n) is 6.42. The third-order valence-electron chi connectivity index (χ3n) is 1.59. The van der Waals surface area contributed by atoms with Gasteiger partial charge >= 0.3 is 0 Å². The lowest BCUT2D eigenvalue weighted by Crippen LogP contribution is -2.09. The van der Waals surface area contributed by atoms with Crippen LogP contribution in [0.5, 0.6) is 0 Å². The van der Waals surface area contributed by atoms with E-state index in [1.54, 1.807) is 25.3 Å². The molecule has 1 atom stereocenters. The Morgan fingerprint density at radius 1 is 1.73 bits per heavy atom. The number of halogens is 1. The first kappa shape index (κ1) is 8.14. The van der Waals surface area contributed by atoms with E-state index >= 15 is 0 Å². The maximum atomic E-state index is 13.0. The Bertz CT molecular complexity index is 237. The molecule has 0 spiro atoms. The van der Waals surface area contributed by atoms with Crippen molar-refractivity contribution in [1.82, 2.24) is 4.98 Å². The molecule has 0 fully saturated rings. The summed E-state index contributed by atoms with van der Waals surface area (Å²) in [5.41, 5.74) is 6.48. The summed E-state index contributed by atoms with van der Waals surface area (Å²) in [5.74, 6) is 0. The average Bonchev–Trinajstić information content (AvgIpc) is 2.04. The van der Waals surface area contributed by atoms with Crippen molar-refractivity contribution < 1.29 is 4.39 Å². The molecule has 2 nitrogen and oxygen atoms in total. The largest absolute Gasteiger partial charge is 0.327 e. The Morgan fingerprint density at radius 2 is 2.45 bits per heavy atom. The number of nitrogens with zero attached hydrogens (tertiary/aromatic N) is 1. The summed E-state index contributed by atoms with van der Waals surface area (Å²) in [6.07, 6.45) is 0.561. The minimum absolute atomic E-state index is 0.0204. The lowest BCUT2D eigenvalue weighted by molar-refractivity contribution is 0.350. The van der Waals surface area contributed by atoms with Gasteiger partial charge in [0.15, 0.2) is 0 Å². The molecule has 3 heteroatoms. The lowest BCUT2D eigenvalue weighted by atomic mass is 10.1. The van der Waals surface area contributed by atoms with Gasteiger partial charge in [-0.1, -0.05) is 6.07 Å². The molecule has 1 heterocycles. The molecular formula is C8H11FN2. The van der Waals surface area contributed by atoms with Gasteiger partial charge in [-0.15, -0.1) is 0 Å². The number of aromatic nitrogens is 1. The van der Waals surface area contributed by atoms with Gasteiger partial charge in [0.05, 0.1) is 0 Å². The van der Waals surface area contributed by atoms with Crippen LogP contribution in [0.1, 0.15) is 17.4 Å². The second kappa shape index (κ2) is 3.44. The topological polar surface area (TPSA) is 38.9 Å². The highest BCUT2D eigenvalue weighted by Crippen LogP contribution is 2.17. The molecule has 0 bridgehead atoms. The molecule has 1 rings (SSSR count). The molecule has 1 aromatic rings. The molecule has 0 saturated heterocycles. The van der Waals surface area contributed by atoms with Crippen LogP contribution in [-0.4, -0.2) is 11.5 Å². The van der Waals surface area contributed by atoms with E-state index in [0.29, 0.717) is 11.3 Å². The summed E-state index contributed by atoms with van der Waals surface area (Å²) in [4.78, 5) is 3.95. The number of nitrogens with two attached hydrogens (primary N) is 1. The molecule has 0 aliphatic rings. The standard InChI is InChI=1S/C8H11FN2/c1-6-7(8(9)5-10)3-2-4-11-6/h2-4,8H,5,10H2,1H3. The van der Waals surface area contributed by atoms with Crippen LogP contribution in [-0.2, 0) is 0 Å². The molecule has 11 heavy (non-hydrogen) atoms. The van der Waals surface area contributed by atoms with Crippen LogP contribution in [0.2, 0.25) is 0 Å². The van der Waals surface area contributed by atoms with E-state index in [-0.39, 0.29) is 6.54 Å². The monoisotopic (exact) mass is 154 g/mol. The molecule has 1 unspecified atom stereocenters. The van der Waals surface area contributed by atoms with Gasteiger partial charge in [-0.25, -0.2) is 4.39 Å². The summed E-state index contributed by atoms with van der Waals surface area (Å²) < 4.78 is 13.0. The van der Waals surface area contributed by atoms with Gasteiger partial charge in [-0.3, -0.25) is 4.98 Å². The van der Waals surface area contributed by atoms with Gasteiger partial charge in [-0.2, -0.15) is 0 Å². The van der Waals surface area contributed by atoms with E-state index in [0.717, 1.165) is 0 Å². The van der Waals surface area contributed by atoms with Gasteiger partial charge in [0.25, 0.3) is 0 Å². The molecule has 0 aromatic carbocycles. The van der Waals surface area contributed by atoms with Gasteiger partial charge in [-0.05, 0) is 13.0 Å². The Kier molecular flexibility index (Phi) is 2.54. The van der Waals surface area contributed by atoms with Gasteiger partial charge < -0.3 is 5.73 Å². The number of pyridine rings is 1. The summed E-state index contributed by atoms with van der Waals surface area (Å²) in [7, 11) is 0. The third-order valence-corrected chi connectivity index (χ3v) is 1.59. The fourth-order valence-corrected chi connectivity index (χ4v) is 0.955. The predicted octanol–water partition coefficient (Wildman–Crippen LogP) is 1.36. The Balaban J connectivity index is 2.93. The number of aryl methyl sites for hydroxylation is 1. The molecule has 0 amide bonds. The maximum absolute atomic E-state index is 13.0. The minimum Gasteiger partial charge on any atom is -0.327 e. The first-order chi connectivity index (χ1) is 5.25. The minimum atomic E-state index is -1.08. The molecule has 2 N–H and O–H groups in total. The van der Waals surface area contributed by atoms with Crippen LogP contribution in [0, 0.1) is 6.92 Å². The van der Waals surface area contributed by atoms with E-state index in [1.807, 2.05) is 0 Å². The summed E-state index contributed by atoms with van der Waals surface area (Å²) in [6.45, 7) is 1.80. The van der Waals surface area contributed by atoms with E-state index < -0.39 is 6.17 Å². The maximum Gasteiger partial charge on any atom is 0.139 e. The van der Waals surface area contributed by atoms with Gasteiger partial charge in [0.1, 0.15) is 6.17 Å². The molecule has 0 radical (unpaired) electrons. The molecule has 60 valence electrons. The van der Waals surface area contributed by atoms with Crippen LogP contribution in [0.4, 0.5) is 4.39 Å². The number of hydrogen-bond donors (Lipinski definition) is 1. The quantitative estimate of drug-likeness (QED) is 0.698. The highest BCUT2D eigenvalue weighted by molar-refractivity contribution is 5.21. The van der Waals surface area contributed by atoms with Gasteiger partial charge in [0.2, 0.25) is 0 Å². The average molecular weight is 154 g/mol. The van der Waals surface area contributed by atoms with Crippen molar-refractivity contribution in [1.29, 1.82) is 0 Å². The predicted molar refractivity (Wildman–Crippen MR) is 41.9 cm³/mol. The van der Waals surface area contributed by atoms with E-state index in [9.17, 15) is 4.39 Å². The molecule has 0 aliphatic carbocycles. The van der Waals surface area contributed by atoms with Crippen molar-refractivity contribution in [2.75, 3.05) is 6.54 Å². The van der Waals surface area contributed by atoms with Crippen LogP contribution in [0.15, 0.2) is 18.3 Å². The Hall–Kier alpha value is -0.960.